The Morgan fingerprint density at radius 3 is 1.54 bits per heavy atom. The van der Waals surface area contributed by atoms with E-state index in [1.165, 1.54) is 36.4 Å². The number of nitrogens with zero attached hydrogens (tertiary/aromatic N) is 8. The molecule has 10 rings (SSSR count). The maximum Gasteiger partial charge on any atom is 0.416 e. The third-order valence-corrected chi connectivity index (χ3v) is 16.8. The van der Waals surface area contributed by atoms with Crippen LogP contribution in [0.4, 0.5) is 35.1 Å². The largest absolute Gasteiger partial charge is 0.416 e. The molecule has 0 N–H and O–H groups in total. The first-order valence-corrected chi connectivity index (χ1v) is 31.8. The van der Waals surface area contributed by atoms with E-state index in [2.05, 4.69) is 9.97 Å². The fraction of sp³-hybridized carbons (Fsp3) is 0.378. The van der Waals surface area contributed by atoms with Crippen molar-refractivity contribution < 1.29 is 83.1 Å². The Labute approximate surface area is 603 Å². The van der Waals surface area contributed by atoms with Gasteiger partial charge < -0.3 is 28.7 Å². The lowest BCUT2D eigenvalue weighted by molar-refractivity contribution is -0.138. The zero-order valence-electron chi connectivity index (χ0n) is 80.4. The van der Waals surface area contributed by atoms with E-state index in [1.807, 2.05) is 0 Å². The van der Waals surface area contributed by atoms with Crippen molar-refractivity contribution in [2.45, 2.75) is 134 Å². The molecule has 0 saturated carbocycles. The van der Waals surface area contributed by atoms with Gasteiger partial charge in [0.15, 0.2) is 10.3 Å². The van der Waals surface area contributed by atoms with Crippen molar-refractivity contribution in [3.05, 3.63) is 233 Å². The Kier molecular flexibility index (Phi) is 14.9. The maximum absolute atomic E-state index is 14.9. The summed E-state index contributed by atoms with van der Waals surface area (Å²) in [5.41, 5.74) is -10.5. The molecule has 12 nitrogen and oxygen atoms in total. The summed E-state index contributed by atoms with van der Waals surface area (Å²) in [6.45, 7) is -3.80. The number of carbonyl (C=O) groups is 2. The van der Waals surface area contributed by atoms with Crippen LogP contribution in [-0.2, 0) is 85.0 Å². The van der Waals surface area contributed by atoms with Gasteiger partial charge in [0.1, 0.15) is 24.6 Å². The summed E-state index contributed by atoms with van der Waals surface area (Å²) < 4.78 is 354. The van der Waals surface area contributed by atoms with E-state index < -0.39 is 267 Å². The van der Waals surface area contributed by atoms with Crippen LogP contribution in [0.2, 0.25) is 0 Å². The van der Waals surface area contributed by atoms with Crippen LogP contribution >= 0.6 is 23.5 Å². The maximum atomic E-state index is 14.9. The Bertz CT molecular complexity index is 5550. The topological polar surface area (TPSA) is 117 Å². The number of hydrogen-bond acceptors (Lipinski definition) is 10. The second-order valence-corrected chi connectivity index (χ2v) is 23.1. The third kappa shape index (κ3) is 19.0. The molecule has 0 fully saturated rings. The molecule has 0 spiro atoms. The van der Waals surface area contributed by atoms with Crippen LogP contribution in [0, 0.1) is 24.5 Å². The number of fused-ring (bicyclic) bond motifs is 2. The number of rotatable bonds is 26. The van der Waals surface area contributed by atoms with Crippen molar-refractivity contribution in [1.82, 2.24) is 38.7 Å². The van der Waals surface area contributed by atoms with Crippen LogP contribution in [0.1, 0.15) is 141 Å². The van der Waals surface area contributed by atoms with E-state index >= 15 is 0 Å². The second-order valence-electron chi connectivity index (χ2n) is 21.2. The van der Waals surface area contributed by atoms with Gasteiger partial charge in [-0.1, -0.05) is 149 Å². The Balaban J connectivity index is 0.000000281. The average Bonchev–Trinajstić information content (AvgIpc) is 1.51. The lowest BCUT2D eigenvalue weighted by Crippen LogP contribution is -2.40. The molecular formula is C74H80F8N8O4S2. The van der Waals surface area contributed by atoms with Gasteiger partial charge in [-0.05, 0) is 169 Å². The minimum Gasteiger partial charge on any atom is -0.336 e. The molecule has 96 heavy (non-hydrogen) atoms. The second kappa shape index (κ2) is 32.9. The number of aromatic nitrogens is 4. The number of benzene rings is 6. The number of amides is 2. The van der Waals surface area contributed by atoms with Gasteiger partial charge in [-0.3, -0.25) is 19.2 Å². The summed E-state index contributed by atoms with van der Waals surface area (Å²) in [6.07, 6.45) is -15.8. The van der Waals surface area contributed by atoms with Gasteiger partial charge >= 0.3 is 12.4 Å². The molecule has 6 aromatic carbocycles. The summed E-state index contributed by atoms with van der Waals surface area (Å²) >= 11 is 0.860. The van der Waals surface area contributed by atoms with Crippen molar-refractivity contribution in [2.75, 3.05) is 52.4 Å². The Morgan fingerprint density at radius 2 is 1.04 bits per heavy atom. The van der Waals surface area contributed by atoms with Gasteiger partial charge in [-0.15, -0.1) is 0 Å². The predicted molar refractivity (Wildman–Crippen MR) is 362 cm³/mol. The zero-order chi connectivity index (χ0) is 93.6. The van der Waals surface area contributed by atoms with Gasteiger partial charge in [-0.2, -0.15) is 36.3 Å². The standard InChI is InChI=1S/2C37H40F4N4O2S/c1-4-43(5-2)18-19-44(22-26-6-10-28(11-7-26)29-12-14-30(15-13-29)37(39,40)41)34(46)23-45-33-21-25(3)20-32(33)35(47)42-36(45)48-24-27-8-16-31(38)17-9-27;1-4-43(5-2)19-20-44(22-29-12-11-28(21-25(29)3)27-13-15-30(16-14-27)37(39,40)41)34(46)23-45-33-8-6-7-32(33)35(47)42-36(45)48-24-26-9-17-31(38)18-10-26/h6-17,25H,4-5,18-24H2,1-3H3;9-18,21H,4-8,19-20,22-24H2,1-3H3/i8D,9D,16D,17D,20D2,21D2,22D2,23D2,25D;9D,10D,11D,12D,13D,14D,15D,16D,17D,18D,21D,22D2,23D2. The predicted octanol–water partition coefficient (Wildman–Crippen LogP) is 15.0. The van der Waals surface area contributed by atoms with Crippen molar-refractivity contribution in [3.8, 4) is 22.3 Å². The fourth-order valence-electron chi connectivity index (χ4n) is 9.62. The average molecular weight is 1390 g/mol. The molecule has 2 aliphatic rings. The molecule has 508 valence electrons. The van der Waals surface area contributed by atoms with Crippen molar-refractivity contribution in [1.29, 1.82) is 0 Å². The monoisotopic (exact) mass is 1390 g/mol. The molecule has 0 aliphatic heterocycles. The molecule has 1 atom stereocenters. The van der Waals surface area contributed by atoms with Gasteiger partial charge in [-0.25, -0.2) is 8.78 Å². The highest BCUT2D eigenvalue weighted by Crippen LogP contribution is 2.35. The minimum absolute atomic E-state index is 0.0128. The SMILES string of the molecule is [2H]c1c([2H])c(CSc2nc(=O)c3c(n2C([2H])([2H])C(=O)N(CCN(CC)CC)C([2H])([2H])c2c([2H])c([2H])c(-c4c([2H])c([2H])c(C(F)(F)F)c([2H])c4[2H])c([2H])c2C)CCC3)c([2H])c([2H])c1F.[2H]c1c([2H])c(CSc2nc(=O)c3c(n2C([2H])([2H])C(=O)N(CCN(CC)CC)C([2H])([2H])c2ccc(-c4ccc(C(F)(F)F)cc4)cc2)C([2H])([2H])C([2H])(C)C3([2H])[2H])c([2H])c([2H])c1F. The van der Waals surface area contributed by atoms with E-state index in [0.717, 1.165) is 30.5 Å². The van der Waals surface area contributed by atoms with Gasteiger partial charge in [0.05, 0.1) is 42.7 Å². The van der Waals surface area contributed by atoms with Crippen LogP contribution in [0.3, 0.4) is 0 Å². The molecule has 2 heterocycles. The smallest absolute Gasteiger partial charge is 0.336 e. The highest BCUT2D eigenvalue weighted by atomic mass is 32.2. The van der Waals surface area contributed by atoms with Gasteiger partial charge in [0.2, 0.25) is 11.8 Å². The number of thioether (sulfide) groups is 2. The van der Waals surface area contributed by atoms with Crippen LogP contribution in [0.25, 0.3) is 22.3 Å². The zero-order valence-corrected chi connectivity index (χ0v) is 54.0. The molecule has 2 amide bonds. The molecule has 1 unspecified atom stereocenters. The van der Waals surface area contributed by atoms with Crippen molar-refractivity contribution in [3.63, 3.8) is 0 Å². The summed E-state index contributed by atoms with van der Waals surface area (Å²) in [4.78, 5) is 69.1. The quantitative estimate of drug-likeness (QED) is 0.0295. The van der Waals surface area contributed by atoms with E-state index in [-0.39, 0.29) is 52.9 Å². The van der Waals surface area contributed by atoms with Crippen LogP contribution in [0.15, 0.2) is 159 Å². The molecule has 22 heteroatoms. The van der Waals surface area contributed by atoms with Crippen LogP contribution < -0.4 is 11.1 Å². The van der Waals surface area contributed by atoms with Crippen molar-refractivity contribution in [2.24, 2.45) is 5.89 Å². The minimum atomic E-state index is -5.32. The molecule has 8 aromatic rings. The van der Waals surface area contributed by atoms with E-state index in [9.17, 15) is 65.3 Å². The number of likely N-dealkylation sites (N-methyl/N-ethyl adjacent to an activating group) is 2. The number of carbonyl (C=O) groups excluding carboxylic acids is 2. The Morgan fingerprint density at radius 1 is 0.573 bits per heavy atom. The Hall–Kier alpha value is -7.92. The number of alkyl halides is 6. The lowest BCUT2D eigenvalue weighted by atomic mass is 9.98. The summed E-state index contributed by atoms with van der Waals surface area (Å²) in [5, 5.41) is -1.32. The summed E-state index contributed by atoms with van der Waals surface area (Å²) in [6, 6.07) is -6.44. The summed E-state index contributed by atoms with van der Waals surface area (Å²) in [7, 11) is 0. The van der Waals surface area contributed by atoms with Crippen LogP contribution in [0.5, 0.6) is 0 Å². The van der Waals surface area contributed by atoms with Crippen LogP contribution in [-0.4, -0.2) is 103 Å². The highest BCUT2D eigenvalue weighted by Gasteiger charge is 2.33. The molecular weight excluding hydrogens is 1280 g/mol. The molecule has 2 aromatic heterocycles. The summed E-state index contributed by atoms with van der Waals surface area (Å²) in [5.74, 6) is -10.2. The first-order valence-electron chi connectivity index (χ1n) is 43.9. The van der Waals surface area contributed by atoms with Gasteiger partial charge in [0, 0.05) is 80.0 Å². The number of hydrogen-bond donors (Lipinski definition) is 0. The number of halogens is 8. The molecule has 0 radical (unpaired) electrons. The fourth-order valence-corrected chi connectivity index (χ4v) is 11.3. The first kappa shape index (κ1) is 43.4. The van der Waals surface area contributed by atoms with E-state index in [4.69, 9.17) is 27.4 Å². The lowest BCUT2D eigenvalue weighted by Gasteiger charge is -2.28. The van der Waals surface area contributed by atoms with Crippen molar-refractivity contribution >= 4 is 35.3 Å². The van der Waals surface area contributed by atoms with Gasteiger partial charge in [0.25, 0.3) is 11.1 Å². The first-order chi connectivity index (χ1) is 57.1. The molecule has 0 saturated heterocycles. The van der Waals surface area contributed by atoms with E-state index in [0.29, 0.717) is 77.1 Å². The molecule has 0 bridgehead atoms. The third-order valence-electron chi connectivity index (χ3n) is 14.8. The molecule has 2 aliphatic carbocycles. The highest BCUT2D eigenvalue weighted by molar-refractivity contribution is 7.98. The normalized spacial score (nSPS) is 20.2. The van der Waals surface area contributed by atoms with E-state index in [1.54, 1.807) is 37.5 Å².